The molecule has 2 heterocycles. The van der Waals surface area contributed by atoms with Crippen LogP contribution in [0.15, 0.2) is 23.1 Å². The number of nitrogens with one attached hydrogen (secondary N) is 2. The molecular formula is C22H32N4O5S. The summed E-state index contributed by atoms with van der Waals surface area (Å²) >= 11 is 1.38. The number of piperazine rings is 1. The number of piperidine rings is 1. The molecule has 0 unspecified atom stereocenters. The summed E-state index contributed by atoms with van der Waals surface area (Å²) in [6, 6.07) is 5.51. The van der Waals surface area contributed by atoms with E-state index in [2.05, 4.69) is 10.6 Å². The van der Waals surface area contributed by atoms with Gasteiger partial charge in [-0.2, -0.15) is 0 Å². The van der Waals surface area contributed by atoms with Gasteiger partial charge >= 0.3 is 0 Å². The van der Waals surface area contributed by atoms with Crippen LogP contribution < -0.4 is 20.1 Å². The zero-order valence-electron chi connectivity index (χ0n) is 18.9. The molecule has 0 atom stereocenters. The second-order valence-electron chi connectivity index (χ2n) is 7.98. The maximum absolute atomic E-state index is 13.5. The molecule has 2 fully saturated rings. The van der Waals surface area contributed by atoms with Gasteiger partial charge in [-0.3, -0.25) is 14.4 Å². The quantitative estimate of drug-likeness (QED) is 0.574. The molecule has 2 aliphatic rings. The number of rotatable bonds is 7. The lowest BCUT2D eigenvalue weighted by molar-refractivity contribution is -0.146. The first-order chi connectivity index (χ1) is 15.4. The van der Waals surface area contributed by atoms with Gasteiger partial charge in [-0.15, -0.1) is 11.8 Å². The van der Waals surface area contributed by atoms with Crippen LogP contribution in [0.4, 0.5) is 0 Å². The number of carbonyl (C=O) groups excluding carboxylic acids is 3. The predicted molar refractivity (Wildman–Crippen MR) is 122 cm³/mol. The number of amides is 3. The Hall–Kier alpha value is -2.46. The van der Waals surface area contributed by atoms with Crippen molar-refractivity contribution in [3.05, 3.63) is 18.2 Å². The molecule has 0 aromatic heterocycles. The monoisotopic (exact) mass is 464 g/mol. The minimum absolute atomic E-state index is 0.0224. The van der Waals surface area contributed by atoms with Crippen molar-refractivity contribution in [1.29, 1.82) is 0 Å². The Labute approximate surface area is 193 Å². The molecule has 0 radical (unpaired) electrons. The fraction of sp³-hybridized carbons (Fsp3) is 0.591. The van der Waals surface area contributed by atoms with E-state index in [1.165, 1.54) is 11.8 Å². The van der Waals surface area contributed by atoms with E-state index in [0.717, 1.165) is 4.90 Å². The molecule has 3 rings (SSSR count). The number of thioether (sulfide) groups is 1. The maximum atomic E-state index is 13.5. The van der Waals surface area contributed by atoms with E-state index >= 15 is 0 Å². The Bertz CT molecular complexity index is 836. The van der Waals surface area contributed by atoms with Crippen molar-refractivity contribution in [2.45, 2.75) is 30.2 Å². The van der Waals surface area contributed by atoms with Gasteiger partial charge in [0, 0.05) is 38.0 Å². The van der Waals surface area contributed by atoms with Gasteiger partial charge in [0.25, 0.3) is 0 Å². The van der Waals surface area contributed by atoms with Gasteiger partial charge in [-0.05, 0) is 44.1 Å². The van der Waals surface area contributed by atoms with Gasteiger partial charge in [0.15, 0.2) is 11.5 Å². The van der Waals surface area contributed by atoms with Crippen LogP contribution in [0, 0.1) is 0 Å². The lowest BCUT2D eigenvalue weighted by Crippen LogP contribution is -2.65. The second-order valence-corrected chi connectivity index (χ2v) is 9.03. The highest BCUT2D eigenvalue weighted by molar-refractivity contribution is 8.00. The van der Waals surface area contributed by atoms with Gasteiger partial charge in [0.05, 0.1) is 20.0 Å². The van der Waals surface area contributed by atoms with E-state index in [1.807, 2.05) is 12.1 Å². The Kier molecular flexibility index (Phi) is 8.25. The van der Waals surface area contributed by atoms with Crippen molar-refractivity contribution in [3.8, 4) is 11.5 Å². The summed E-state index contributed by atoms with van der Waals surface area (Å²) in [5.74, 6) is 1.22. The van der Waals surface area contributed by atoms with Crippen molar-refractivity contribution in [2.24, 2.45) is 0 Å². The third kappa shape index (κ3) is 5.66. The summed E-state index contributed by atoms with van der Waals surface area (Å²) < 4.78 is 10.6. The van der Waals surface area contributed by atoms with Crippen LogP contribution in [-0.4, -0.2) is 92.3 Å². The van der Waals surface area contributed by atoms with E-state index in [0.29, 0.717) is 63.6 Å². The van der Waals surface area contributed by atoms with E-state index in [4.69, 9.17) is 9.47 Å². The molecule has 2 N–H and O–H groups in total. The third-order valence-electron chi connectivity index (χ3n) is 5.98. The zero-order chi connectivity index (χ0) is 23.1. The Morgan fingerprint density at radius 3 is 2.25 bits per heavy atom. The summed E-state index contributed by atoms with van der Waals surface area (Å²) in [4.78, 5) is 42.3. The number of nitrogens with zero attached hydrogens (tertiary/aromatic N) is 2. The summed E-state index contributed by atoms with van der Waals surface area (Å²) in [5.41, 5.74) is -0.904. The fourth-order valence-electron chi connectivity index (χ4n) is 4.13. The molecule has 176 valence electrons. The summed E-state index contributed by atoms with van der Waals surface area (Å²) in [6.07, 6.45) is 1.09. The average Bonchev–Trinajstić information content (AvgIpc) is 2.82. The summed E-state index contributed by atoms with van der Waals surface area (Å²) in [6.45, 7) is 4.91. The number of carbonyl (C=O) groups is 3. The van der Waals surface area contributed by atoms with Gasteiger partial charge in [0.2, 0.25) is 17.7 Å². The molecule has 0 saturated carbocycles. The van der Waals surface area contributed by atoms with E-state index < -0.39 is 5.54 Å². The summed E-state index contributed by atoms with van der Waals surface area (Å²) in [5, 5.41) is 6.33. The highest BCUT2D eigenvalue weighted by Gasteiger charge is 2.44. The number of hydrogen-bond donors (Lipinski definition) is 2. The minimum atomic E-state index is -0.904. The molecule has 1 aromatic rings. The number of methoxy groups -OCH3 is 2. The lowest BCUT2D eigenvalue weighted by atomic mass is 9.86. The normalized spacial score (nSPS) is 18.1. The Morgan fingerprint density at radius 1 is 1.03 bits per heavy atom. The highest BCUT2D eigenvalue weighted by Crippen LogP contribution is 2.32. The van der Waals surface area contributed by atoms with Crippen molar-refractivity contribution in [2.75, 3.05) is 59.2 Å². The first kappa shape index (κ1) is 24.2. The molecular weight excluding hydrogens is 432 g/mol. The molecule has 10 heteroatoms. The SMILES string of the molecule is COc1ccc(SCC(=O)NC2(C(=O)N3CCN(C(C)=O)CC3)CCNCC2)cc1OC. The molecule has 9 nitrogen and oxygen atoms in total. The van der Waals surface area contributed by atoms with E-state index in [1.54, 1.807) is 37.0 Å². The zero-order valence-corrected chi connectivity index (χ0v) is 19.8. The number of hydrogen-bond acceptors (Lipinski definition) is 7. The van der Waals surface area contributed by atoms with Crippen molar-refractivity contribution >= 4 is 29.5 Å². The van der Waals surface area contributed by atoms with E-state index in [9.17, 15) is 14.4 Å². The molecule has 32 heavy (non-hydrogen) atoms. The molecule has 0 aliphatic carbocycles. The van der Waals surface area contributed by atoms with Gasteiger partial charge in [-0.1, -0.05) is 0 Å². The van der Waals surface area contributed by atoms with Crippen LogP contribution in [0.2, 0.25) is 0 Å². The second kappa shape index (κ2) is 10.9. The largest absolute Gasteiger partial charge is 0.493 e. The van der Waals surface area contributed by atoms with Crippen LogP contribution >= 0.6 is 11.8 Å². The van der Waals surface area contributed by atoms with Crippen LogP contribution in [0.5, 0.6) is 11.5 Å². The first-order valence-electron chi connectivity index (χ1n) is 10.8. The standard InChI is InChI=1S/C22H32N4O5S/c1-16(27)25-10-12-26(13-11-25)21(29)22(6-8-23-9-7-22)24-20(28)15-32-17-4-5-18(30-2)19(14-17)31-3/h4-5,14,23H,6-13,15H2,1-3H3,(H,24,28). The molecule has 1 aromatic carbocycles. The lowest BCUT2D eigenvalue weighted by Gasteiger charge is -2.43. The molecule has 0 spiro atoms. The molecule has 2 saturated heterocycles. The third-order valence-corrected chi connectivity index (χ3v) is 6.98. The van der Waals surface area contributed by atoms with Crippen LogP contribution in [-0.2, 0) is 14.4 Å². The average molecular weight is 465 g/mol. The first-order valence-corrected chi connectivity index (χ1v) is 11.8. The van der Waals surface area contributed by atoms with Crippen LogP contribution in [0.25, 0.3) is 0 Å². The highest BCUT2D eigenvalue weighted by atomic mass is 32.2. The smallest absolute Gasteiger partial charge is 0.248 e. The van der Waals surface area contributed by atoms with Crippen molar-refractivity contribution < 1.29 is 23.9 Å². The Morgan fingerprint density at radius 2 is 1.66 bits per heavy atom. The predicted octanol–water partition coefficient (Wildman–Crippen LogP) is 0.725. The maximum Gasteiger partial charge on any atom is 0.248 e. The van der Waals surface area contributed by atoms with Crippen molar-refractivity contribution in [1.82, 2.24) is 20.4 Å². The summed E-state index contributed by atoms with van der Waals surface area (Å²) in [7, 11) is 3.15. The number of benzene rings is 1. The Balaban J connectivity index is 1.63. The molecule has 2 aliphatic heterocycles. The van der Waals surface area contributed by atoms with E-state index in [-0.39, 0.29) is 23.5 Å². The molecule has 3 amide bonds. The van der Waals surface area contributed by atoms with Gasteiger partial charge in [-0.25, -0.2) is 0 Å². The van der Waals surface area contributed by atoms with Gasteiger partial charge in [0.1, 0.15) is 5.54 Å². The van der Waals surface area contributed by atoms with Crippen LogP contribution in [0.1, 0.15) is 19.8 Å². The number of ether oxygens (including phenoxy) is 2. The molecule has 0 bridgehead atoms. The van der Waals surface area contributed by atoms with Crippen LogP contribution in [0.3, 0.4) is 0 Å². The van der Waals surface area contributed by atoms with Gasteiger partial charge < -0.3 is 29.9 Å². The minimum Gasteiger partial charge on any atom is -0.493 e. The van der Waals surface area contributed by atoms with Crippen molar-refractivity contribution in [3.63, 3.8) is 0 Å². The fourth-order valence-corrected chi connectivity index (χ4v) is 4.86. The topological polar surface area (TPSA) is 100 Å².